The smallest absolute Gasteiger partial charge is 0.479 e. The van der Waals surface area contributed by atoms with Gasteiger partial charge in [0.25, 0.3) is 5.56 Å². The third-order valence-corrected chi connectivity index (χ3v) is 4.03. The zero-order valence-electron chi connectivity index (χ0n) is 15.2. The first-order valence-corrected chi connectivity index (χ1v) is 8.50. The zero-order chi connectivity index (χ0) is 19.3. The Hall–Kier alpha value is -3.02. The van der Waals surface area contributed by atoms with Gasteiger partial charge in [-0.15, -0.1) is 17.5 Å². The minimum absolute atomic E-state index is 0. The quantitative estimate of drug-likeness (QED) is 0.310. The summed E-state index contributed by atoms with van der Waals surface area (Å²) in [6.45, 7) is 0.389. The van der Waals surface area contributed by atoms with Crippen LogP contribution in [0, 0.1) is 37.3 Å². The summed E-state index contributed by atoms with van der Waals surface area (Å²) in [4.78, 5) is 19.7. The first-order valence-electron chi connectivity index (χ1n) is 8.50. The second kappa shape index (κ2) is 9.46. The van der Waals surface area contributed by atoms with Crippen molar-refractivity contribution in [3.63, 3.8) is 0 Å². The molecule has 3 aromatic heterocycles. The minimum atomic E-state index is -0.213. The Labute approximate surface area is 189 Å². The Morgan fingerprint density at radius 3 is 2.62 bits per heavy atom. The maximum atomic E-state index is 11.8. The molecule has 5 aromatic rings. The monoisotopic (exact) mass is 607 g/mol. The summed E-state index contributed by atoms with van der Waals surface area (Å²) in [6.07, 6.45) is 4.34. The van der Waals surface area contributed by atoms with Gasteiger partial charge in [-0.25, -0.2) is 4.68 Å². The molecule has 0 amide bonds. The Bertz CT molecular complexity index is 1220. The molecule has 0 unspecified atom stereocenters. The number of para-hydroxylation sites is 1. The van der Waals surface area contributed by atoms with Crippen LogP contribution in [0.2, 0.25) is 0 Å². The molecule has 2 N–H and O–H groups in total. The molecule has 2 aromatic carbocycles. The van der Waals surface area contributed by atoms with E-state index < -0.39 is 0 Å². The number of nitrogens with one attached hydrogen (secondary N) is 2. The molecule has 140 valence electrons. The molecule has 0 aliphatic rings. The van der Waals surface area contributed by atoms with E-state index in [0.717, 1.165) is 16.5 Å². The van der Waals surface area contributed by atoms with Crippen LogP contribution in [-0.4, -0.2) is 29.9 Å². The van der Waals surface area contributed by atoms with Crippen molar-refractivity contribution in [3.8, 4) is 0 Å². The van der Waals surface area contributed by atoms with Gasteiger partial charge < -0.3 is 25.9 Å². The molecule has 0 saturated carbocycles. The predicted molar refractivity (Wildman–Crippen MR) is 106 cm³/mol. The molecule has 8 nitrogen and oxygen atoms in total. The largest absolute Gasteiger partial charge is 2.00 e. The van der Waals surface area contributed by atoms with Gasteiger partial charge in [-0.3, -0.25) is 4.79 Å². The number of aromatic amines is 1. The normalized spacial score (nSPS) is 10.2. The molecule has 9 heteroatoms. The van der Waals surface area contributed by atoms with E-state index in [4.69, 9.17) is 5.73 Å². The van der Waals surface area contributed by atoms with Gasteiger partial charge in [-0.1, -0.05) is 42.5 Å². The summed E-state index contributed by atoms with van der Waals surface area (Å²) >= 11 is 0. The summed E-state index contributed by atoms with van der Waals surface area (Å²) in [5.41, 5.74) is 10.2. The topological polar surface area (TPSA) is 113 Å². The average Bonchev–Trinajstić information content (AvgIpc) is 3.09. The molecule has 5 rings (SSSR count). The Balaban J connectivity index is 0.000000186. The van der Waals surface area contributed by atoms with E-state index in [0.29, 0.717) is 17.6 Å². The molecule has 29 heavy (non-hydrogen) atoms. The van der Waals surface area contributed by atoms with Crippen molar-refractivity contribution in [2.45, 2.75) is 6.54 Å². The summed E-state index contributed by atoms with van der Waals surface area (Å²) in [6, 6.07) is 18.8. The van der Waals surface area contributed by atoms with Crippen molar-refractivity contribution in [3.05, 3.63) is 94.8 Å². The van der Waals surface area contributed by atoms with Gasteiger partial charge in [-0.2, -0.15) is 5.10 Å². The first kappa shape index (κ1) is 20.7. The van der Waals surface area contributed by atoms with E-state index in [1.165, 1.54) is 17.1 Å². The van der Waals surface area contributed by atoms with Crippen LogP contribution in [0.15, 0.2) is 71.8 Å². The van der Waals surface area contributed by atoms with E-state index in [1.807, 2.05) is 54.6 Å². The molecule has 0 fully saturated rings. The second-order valence-corrected chi connectivity index (χ2v) is 5.96. The van der Waals surface area contributed by atoms with Gasteiger partial charge in [0.2, 0.25) is 0 Å². The molecule has 3 heterocycles. The minimum Gasteiger partial charge on any atom is -0.479 e. The first-order chi connectivity index (χ1) is 13.7. The van der Waals surface area contributed by atoms with Crippen molar-refractivity contribution in [2.24, 2.45) is 0 Å². The maximum absolute atomic E-state index is 11.8. The molecule has 0 atom stereocenters. The second-order valence-electron chi connectivity index (χ2n) is 5.96. The average molecular weight is 607 g/mol. The SMILES string of the molecule is [NH-]c1n[nH]c2cc(=O)n(Cc3ccccc3)nc12.[U+2].[c-]1ncnc2ccccc12. The zero-order valence-corrected chi connectivity index (χ0v) is 19.4. The van der Waals surface area contributed by atoms with Crippen LogP contribution >= 0.6 is 0 Å². The standard InChI is InChI=1S/C12H11N5O.C8H5N2.U/c13-12-11-9(14-15-12)6-10(18)17(16-11)7-8-4-2-1-3-5-8;1-2-4-8-7(3-1)5-9-6-10-8;/h1-6H,7H2,(H3,13,14,15,16,18);1-4,6H;/q;-1;+2/p-1. The maximum Gasteiger partial charge on any atom is 2.00 e. The Morgan fingerprint density at radius 2 is 1.83 bits per heavy atom. The molecule has 0 spiro atoms. The third-order valence-electron chi connectivity index (χ3n) is 4.03. The molecule has 0 bridgehead atoms. The number of H-pyrrole nitrogens is 1. The summed E-state index contributed by atoms with van der Waals surface area (Å²) in [5, 5.41) is 11.4. The Kier molecular flexibility index (Phi) is 6.75. The predicted octanol–water partition coefficient (Wildman–Crippen LogP) is 3.28. The third kappa shape index (κ3) is 4.88. The van der Waals surface area contributed by atoms with E-state index in [1.54, 1.807) is 0 Å². The van der Waals surface area contributed by atoms with Crippen LogP contribution in [0.4, 0.5) is 5.82 Å². The number of aromatic nitrogens is 6. The van der Waals surface area contributed by atoms with E-state index in [-0.39, 0.29) is 42.5 Å². The van der Waals surface area contributed by atoms with Crippen LogP contribution in [0.5, 0.6) is 0 Å². The Morgan fingerprint density at radius 1 is 1.07 bits per heavy atom. The van der Waals surface area contributed by atoms with Gasteiger partial charge in [0.05, 0.1) is 12.1 Å². The summed E-state index contributed by atoms with van der Waals surface area (Å²) in [7, 11) is 0. The van der Waals surface area contributed by atoms with Crippen LogP contribution in [-0.2, 0) is 6.54 Å². The van der Waals surface area contributed by atoms with Crippen LogP contribution < -0.4 is 5.56 Å². The molecule has 0 saturated heterocycles. The van der Waals surface area contributed by atoms with Crippen molar-refractivity contribution in [2.75, 3.05) is 0 Å². The summed E-state index contributed by atoms with van der Waals surface area (Å²) in [5.74, 6) is 0.0480. The van der Waals surface area contributed by atoms with Crippen molar-refractivity contribution in [1.29, 1.82) is 0 Å². The van der Waals surface area contributed by atoms with Gasteiger partial charge in [0.15, 0.2) is 0 Å². The number of rotatable bonds is 2. The summed E-state index contributed by atoms with van der Waals surface area (Å²) < 4.78 is 1.34. The van der Waals surface area contributed by atoms with E-state index >= 15 is 0 Å². The number of hydrogen-bond acceptors (Lipinski definition) is 5. The molecule has 0 aliphatic heterocycles. The van der Waals surface area contributed by atoms with E-state index in [2.05, 4.69) is 31.5 Å². The van der Waals surface area contributed by atoms with Crippen molar-refractivity contribution < 1.29 is 31.1 Å². The van der Waals surface area contributed by atoms with Gasteiger partial charge in [-0.05, 0) is 23.1 Å². The molecule has 0 radical (unpaired) electrons. The fourth-order valence-electron chi connectivity index (χ4n) is 2.66. The van der Waals surface area contributed by atoms with Crippen molar-refractivity contribution >= 4 is 27.8 Å². The number of nitrogens with zero attached hydrogens (tertiary/aromatic N) is 5. The van der Waals surface area contributed by atoms with Crippen molar-refractivity contribution in [1.82, 2.24) is 29.9 Å². The number of benzene rings is 2. The molecular formula is C20H15N7OU. The van der Waals surface area contributed by atoms with Crippen LogP contribution in [0.1, 0.15) is 5.56 Å². The van der Waals surface area contributed by atoms with Crippen LogP contribution in [0.3, 0.4) is 0 Å². The van der Waals surface area contributed by atoms with E-state index in [9.17, 15) is 4.79 Å². The van der Waals surface area contributed by atoms with Gasteiger partial charge in [0, 0.05) is 12.4 Å². The van der Waals surface area contributed by atoms with Gasteiger partial charge >= 0.3 is 31.1 Å². The fourth-order valence-corrected chi connectivity index (χ4v) is 2.66. The molecular weight excluding hydrogens is 592 g/mol. The number of fused-ring (bicyclic) bond motifs is 2. The van der Waals surface area contributed by atoms with Crippen LogP contribution in [0.25, 0.3) is 27.7 Å². The molecule has 0 aliphatic carbocycles. The van der Waals surface area contributed by atoms with Gasteiger partial charge in [0.1, 0.15) is 5.52 Å². The fraction of sp³-hybridized carbons (Fsp3) is 0.0500. The number of hydrogen-bond donors (Lipinski definition) is 1.